The van der Waals surface area contributed by atoms with Crippen LogP contribution >= 0.6 is 0 Å². The Balaban J connectivity index is 1.60. The van der Waals surface area contributed by atoms with Gasteiger partial charge in [0.2, 0.25) is 5.91 Å². The maximum atomic E-state index is 11.3. The highest BCUT2D eigenvalue weighted by molar-refractivity contribution is 5.92. The summed E-state index contributed by atoms with van der Waals surface area (Å²) in [6.07, 6.45) is 2.30. The van der Waals surface area contributed by atoms with E-state index in [4.69, 9.17) is 10.5 Å². The van der Waals surface area contributed by atoms with Gasteiger partial charge in [0, 0.05) is 44.3 Å². The van der Waals surface area contributed by atoms with E-state index in [1.807, 2.05) is 18.2 Å². The quantitative estimate of drug-likeness (QED) is 0.643. The molecule has 1 spiro atoms. The van der Waals surface area contributed by atoms with Crippen LogP contribution in [0.1, 0.15) is 28.8 Å². The molecule has 1 amide bonds. The molecule has 0 bridgehead atoms. The molecule has 1 unspecified atom stereocenters. The molecule has 0 saturated carbocycles. The van der Waals surface area contributed by atoms with Gasteiger partial charge in [-0.1, -0.05) is 12.1 Å². The van der Waals surface area contributed by atoms with Crippen molar-refractivity contribution in [3.63, 3.8) is 0 Å². The molecule has 124 valence electrons. The van der Waals surface area contributed by atoms with Crippen molar-refractivity contribution in [3.8, 4) is 0 Å². The summed E-state index contributed by atoms with van der Waals surface area (Å²) < 4.78 is 5.58. The lowest BCUT2D eigenvalue weighted by molar-refractivity contribution is 0.1000. The third kappa shape index (κ3) is 3.47. The molecule has 6 heteroatoms. The number of ether oxygens (including phenoxy) is 1. The van der Waals surface area contributed by atoms with Crippen molar-refractivity contribution in [1.29, 1.82) is 0 Å². The van der Waals surface area contributed by atoms with E-state index in [0.29, 0.717) is 17.5 Å². The predicted octanol–water partition coefficient (Wildman–Crippen LogP) is 0.973. The van der Waals surface area contributed by atoms with Gasteiger partial charge in [-0.15, -0.1) is 0 Å². The molecule has 2 saturated heterocycles. The van der Waals surface area contributed by atoms with E-state index in [2.05, 4.69) is 15.2 Å². The first-order valence-electron chi connectivity index (χ1n) is 8.04. The van der Waals surface area contributed by atoms with Crippen molar-refractivity contribution in [1.82, 2.24) is 10.2 Å². The minimum Gasteiger partial charge on any atom is -0.381 e. The van der Waals surface area contributed by atoms with E-state index >= 15 is 0 Å². The Hall–Kier alpha value is -2.08. The number of nitrogens with one attached hydrogen (secondary N) is 1. The number of amides is 1. The van der Waals surface area contributed by atoms with Crippen LogP contribution in [0.3, 0.4) is 0 Å². The fourth-order valence-corrected chi connectivity index (χ4v) is 3.44. The van der Waals surface area contributed by atoms with Crippen LogP contribution in [-0.4, -0.2) is 50.1 Å². The summed E-state index contributed by atoms with van der Waals surface area (Å²) in [5, 5.41) is 3.38. The number of nitrogens with two attached hydrogens (primary N) is 1. The van der Waals surface area contributed by atoms with Crippen molar-refractivity contribution in [2.45, 2.75) is 19.4 Å². The lowest BCUT2D eigenvalue weighted by Crippen LogP contribution is -2.41. The molecule has 0 radical (unpaired) electrons. The average Bonchev–Trinajstić information content (AvgIpc) is 3.19. The minimum absolute atomic E-state index is 0.309. The third-order valence-corrected chi connectivity index (χ3v) is 4.80. The SMILES string of the molecule is CN=C(NCc1cccc(C(N)=O)c1)N1CCC2(CCOC2)C1. The van der Waals surface area contributed by atoms with Crippen molar-refractivity contribution in [3.05, 3.63) is 35.4 Å². The smallest absolute Gasteiger partial charge is 0.248 e. The van der Waals surface area contributed by atoms with Gasteiger partial charge in [0.05, 0.1) is 6.61 Å². The van der Waals surface area contributed by atoms with Gasteiger partial charge in [-0.05, 0) is 30.5 Å². The molecule has 1 aromatic carbocycles. The second-order valence-electron chi connectivity index (χ2n) is 6.44. The summed E-state index contributed by atoms with van der Waals surface area (Å²) in [6, 6.07) is 7.37. The molecular formula is C17H24N4O2. The van der Waals surface area contributed by atoms with Gasteiger partial charge in [0.1, 0.15) is 0 Å². The summed E-state index contributed by atoms with van der Waals surface area (Å²) in [5.41, 5.74) is 7.18. The number of primary amides is 1. The highest BCUT2D eigenvalue weighted by Crippen LogP contribution is 2.38. The molecule has 2 fully saturated rings. The van der Waals surface area contributed by atoms with Crippen molar-refractivity contribution < 1.29 is 9.53 Å². The molecule has 3 rings (SSSR count). The zero-order valence-electron chi connectivity index (χ0n) is 13.5. The number of benzene rings is 1. The Labute approximate surface area is 136 Å². The number of hydrogen-bond donors (Lipinski definition) is 2. The number of nitrogens with zero attached hydrogens (tertiary/aromatic N) is 2. The van der Waals surface area contributed by atoms with E-state index in [9.17, 15) is 4.79 Å². The lowest BCUT2D eigenvalue weighted by atomic mass is 9.87. The van der Waals surface area contributed by atoms with Gasteiger partial charge in [0.25, 0.3) is 0 Å². The fraction of sp³-hybridized carbons (Fsp3) is 0.529. The normalized spacial score (nSPS) is 24.4. The number of hydrogen-bond acceptors (Lipinski definition) is 3. The van der Waals surface area contributed by atoms with E-state index in [1.54, 1.807) is 13.1 Å². The number of guanidine groups is 1. The molecule has 2 heterocycles. The molecule has 2 aliphatic heterocycles. The van der Waals surface area contributed by atoms with Crippen LogP contribution in [0, 0.1) is 5.41 Å². The Bertz CT molecular complexity index is 608. The van der Waals surface area contributed by atoms with Crippen molar-refractivity contribution in [2.75, 3.05) is 33.4 Å². The first-order valence-corrected chi connectivity index (χ1v) is 8.04. The van der Waals surface area contributed by atoms with E-state index in [1.165, 1.54) is 0 Å². The third-order valence-electron chi connectivity index (χ3n) is 4.80. The highest BCUT2D eigenvalue weighted by Gasteiger charge is 2.42. The summed E-state index contributed by atoms with van der Waals surface area (Å²) in [4.78, 5) is 18.0. The van der Waals surface area contributed by atoms with Gasteiger partial charge in [0.15, 0.2) is 5.96 Å². The summed E-state index contributed by atoms with van der Waals surface area (Å²) >= 11 is 0. The Morgan fingerprint density at radius 1 is 1.48 bits per heavy atom. The topological polar surface area (TPSA) is 79.9 Å². The molecule has 1 atom stereocenters. The summed E-state index contributed by atoms with van der Waals surface area (Å²) in [5.74, 6) is 0.497. The number of carbonyl (C=O) groups is 1. The number of rotatable bonds is 3. The Morgan fingerprint density at radius 3 is 3.04 bits per heavy atom. The zero-order chi connectivity index (χ0) is 16.3. The number of aliphatic imine (C=N–C) groups is 1. The maximum Gasteiger partial charge on any atom is 0.248 e. The predicted molar refractivity (Wildman–Crippen MR) is 89.2 cm³/mol. The van der Waals surface area contributed by atoms with E-state index in [0.717, 1.165) is 50.7 Å². The van der Waals surface area contributed by atoms with Crippen LogP contribution < -0.4 is 11.1 Å². The van der Waals surface area contributed by atoms with E-state index < -0.39 is 5.91 Å². The lowest BCUT2D eigenvalue weighted by Gasteiger charge is -2.25. The van der Waals surface area contributed by atoms with Gasteiger partial charge >= 0.3 is 0 Å². The van der Waals surface area contributed by atoms with Gasteiger partial charge in [-0.2, -0.15) is 0 Å². The van der Waals surface area contributed by atoms with E-state index in [-0.39, 0.29) is 0 Å². The van der Waals surface area contributed by atoms with Gasteiger partial charge < -0.3 is 20.7 Å². The summed E-state index contributed by atoms with van der Waals surface area (Å²) in [7, 11) is 1.80. The van der Waals surface area contributed by atoms with Gasteiger partial charge in [-0.3, -0.25) is 9.79 Å². The average molecular weight is 316 g/mol. The van der Waals surface area contributed by atoms with Gasteiger partial charge in [-0.25, -0.2) is 0 Å². The standard InChI is InChI=1S/C17H24N4O2/c1-19-16(21-7-5-17(11-21)6-8-23-12-17)20-10-13-3-2-4-14(9-13)15(18)22/h2-4,9H,5-8,10-12H2,1H3,(H2,18,22)(H,19,20). The second-order valence-corrected chi connectivity index (χ2v) is 6.44. The molecule has 0 aromatic heterocycles. The van der Waals surface area contributed by atoms with Crippen molar-refractivity contribution >= 4 is 11.9 Å². The van der Waals surface area contributed by atoms with Crippen LogP contribution in [0.4, 0.5) is 0 Å². The maximum absolute atomic E-state index is 11.3. The molecule has 3 N–H and O–H groups in total. The molecule has 23 heavy (non-hydrogen) atoms. The molecule has 1 aromatic rings. The van der Waals surface area contributed by atoms with Crippen LogP contribution in [0.25, 0.3) is 0 Å². The second kappa shape index (κ2) is 6.58. The fourth-order valence-electron chi connectivity index (χ4n) is 3.44. The largest absolute Gasteiger partial charge is 0.381 e. The monoisotopic (exact) mass is 316 g/mol. The number of likely N-dealkylation sites (tertiary alicyclic amines) is 1. The molecule has 6 nitrogen and oxygen atoms in total. The molecule has 0 aliphatic carbocycles. The first kappa shape index (κ1) is 15.8. The van der Waals surface area contributed by atoms with Crippen LogP contribution in [0.15, 0.2) is 29.3 Å². The van der Waals surface area contributed by atoms with Crippen LogP contribution in [-0.2, 0) is 11.3 Å². The minimum atomic E-state index is -0.404. The zero-order valence-corrected chi connectivity index (χ0v) is 13.5. The molecular weight excluding hydrogens is 292 g/mol. The van der Waals surface area contributed by atoms with Crippen molar-refractivity contribution in [2.24, 2.45) is 16.1 Å². The Kier molecular flexibility index (Phi) is 4.52. The highest BCUT2D eigenvalue weighted by atomic mass is 16.5. The first-order chi connectivity index (χ1) is 11.1. The van der Waals surface area contributed by atoms with Crippen LogP contribution in [0.5, 0.6) is 0 Å². The van der Waals surface area contributed by atoms with Crippen LogP contribution in [0.2, 0.25) is 0 Å². The molecule has 2 aliphatic rings. The summed E-state index contributed by atoms with van der Waals surface area (Å²) in [6.45, 7) is 4.35. The Morgan fingerprint density at radius 2 is 2.35 bits per heavy atom. The number of carbonyl (C=O) groups excluding carboxylic acids is 1.